The summed E-state index contributed by atoms with van der Waals surface area (Å²) < 4.78 is 14.1. The molecule has 14 aromatic rings. The summed E-state index contributed by atoms with van der Waals surface area (Å²) in [5, 5.41) is 4.88. The van der Waals surface area contributed by atoms with Gasteiger partial charge < -0.3 is 13.7 Å². The maximum atomic E-state index is 7.47. The molecular weight excluding hydrogens is 1390 g/mol. The molecule has 115 heavy (non-hydrogen) atoms. The van der Waals surface area contributed by atoms with E-state index >= 15 is 0 Å². The van der Waals surface area contributed by atoms with Crippen LogP contribution in [0.1, 0.15) is 285 Å². The molecule has 2 heterocycles. The van der Waals surface area contributed by atoms with E-state index in [1.165, 1.54) is 308 Å². The van der Waals surface area contributed by atoms with Crippen LogP contribution in [-0.4, -0.2) is 0 Å². The molecule has 582 valence electrons. The van der Waals surface area contributed by atoms with Crippen molar-refractivity contribution in [1.82, 2.24) is 0 Å². The van der Waals surface area contributed by atoms with Crippen molar-refractivity contribution in [2.75, 3.05) is 4.90 Å². The predicted octanol–water partition coefficient (Wildman–Crippen LogP) is 33.5. The average molecular weight is 1510 g/mol. The van der Waals surface area contributed by atoms with Crippen molar-refractivity contribution in [3.8, 4) is 77.9 Å². The fourth-order valence-corrected chi connectivity index (χ4v) is 23.0. The van der Waals surface area contributed by atoms with Crippen LogP contribution in [0.15, 0.2) is 227 Å². The minimum atomic E-state index is -0.291. The zero-order valence-electron chi connectivity index (χ0n) is 70.5. The molecule has 0 saturated carbocycles. The Bertz CT molecular complexity index is 6100. The van der Waals surface area contributed by atoms with E-state index in [2.05, 4.69) is 299 Å². The summed E-state index contributed by atoms with van der Waals surface area (Å²) in [5.74, 6) is 0. The molecule has 0 amide bonds. The van der Waals surface area contributed by atoms with Gasteiger partial charge in [-0.3, -0.25) is 0 Å². The second-order valence-corrected chi connectivity index (χ2v) is 37.2. The van der Waals surface area contributed by atoms with E-state index in [1.54, 1.807) is 11.1 Å². The highest BCUT2D eigenvalue weighted by molar-refractivity contribution is 6.19. The summed E-state index contributed by atoms with van der Waals surface area (Å²) in [6.07, 6.45) is 29.9. The normalized spacial score (nSPS) is 15.4. The van der Waals surface area contributed by atoms with Gasteiger partial charge in [0.1, 0.15) is 22.3 Å². The largest absolute Gasteiger partial charge is 0.456 e. The Kier molecular flexibility index (Phi) is 19.4. The highest BCUT2D eigenvalue weighted by Crippen LogP contribution is 2.64. The predicted molar refractivity (Wildman–Crippen MR) is 490 cm³/mol. The Balaban J connectivity index is 0.729. The maximum absolute atomic E-state index is 7.47. The highest BCUT2D eigenvalue weighted by Gasteiger charge is 2.48. The van der Waals surface area contributed by atoms with Gasteiger partial charge in [-0.2, -0.15) is 0 Å². The van der Waals surface area contributed by atoms with Gasteiger partial charge in [-0.25, -0.2) is 0 Å². The number of para-hydroxylation sites is 3. The number of hydrogen-bond acceptors (Lipinski definition) is 3. The summed E-state index contributed by atoms with van der Waals surface area (Å²) in [6, 6.07) is 86.4. The number of unbranched alkanes of at least 4 members (excludes halogenated alkanes) is 16. The number of nitrogens with zero attached hydrogens (tertiary/aromatic N) is 1. The SMILES string of the molecule is CCCCCCCC1(CCCCCCC)c2ccccc2-c2ccc(-c3ccc4c(c3)C(C)(C)c3cc(-c5cc6c(c7c5oc5ccccc57)-c5ccc(N(c7ccc8c(c7)C(C)(C)c7cc9c(cc7-8)C(C)(C)c7ccc8oc%10ccccc%10c8c7-9)c7ccccc7C)cc5C6(CCCCCCC)CCCCCCC)ccc3-4)cc21. The summed E-state index contributed by atoms with van der Waals surface area (Å²) in [7, 11) is 0. The van der Waals surface area contributed by atoms with E-state index in [9.17, 15) is 0 Å². The van der Waals surface area contributed by atoms with Crippen LogP contribution in [0.3, 0.4) is 0 Å². The molecular formula is C112H117NO2. The van der Waals surface area contributed by atoms with E-state index in [4.69, 9.17) is 8.83 Å². The first-order valence-corrected chi connectivity index (χ1v) is 44.9. The van der Waals surface area contributed by atoms with Crippen molar-refractivity contribution >= 4 is 60.9 Å². The van der Waals surface area contributed by atoms with Gasteiger partial charge in [-0.15, -0.1) is 0 Å². The molecule has 0 aliphatic heterocycles. The number of aryl methyl sites for hydroxylation is 1. The molecule has 5 aliphatic rings. The van der Waals surface area contributed by atoms with Crippen LogP contribution < -0.4 is 4.90 Å². The third-order valence-electron chi connectivity index (χ3n) is 29.2. The molecule has 0 bridgehead atoms. The number of benzene rings is 12. The molecule has 3 nitrogen and oxygen atoms in total. The smallest absolute Gasteiger partial charge is 0.143 e. The summed E-state index contributed by atoms with van der Waals surface area (Å²) in [4.78, 5) is 2.62. The Labute approximate surface area is 685 Å². The number of anilines is 3. The molecule has 5 aliphatic carbocycles. The number of furan rings is 2. The van der Waals surface area contributed by atoms with E-state index in [0.717, 1.165) is 35.2 Å². The summed E-state index contributed by atoms with van der Waals surface area (Å²) >= 11 is 0. The van der Waals surface area contributed by atoms with E-state index in [-0.39, 0.29) is 27.1 Å². The van der Waals surface area contributed by atoms with Crippen LogP contribution in [0.4, 0.5) is 17.1 Å². The Morgan fingerprint density at radius 3 is 1.30 bits per heavy atom. The molecule has 0 spiro atoms. The molecule has 0 unspecified atom stereocenters. The van der Waals surface area contributed by atoms with Gasteiger partial charge in [0.15, 0.2) is 0 Å². The van der Waals surface area contributed by atoms with Gasteiger partial charge in [0.05, 0.1) is 0 Å². The van der Waals surface area contributed by atoms with Crippen LogP contribution in [-0.2, 0) is 27.1 Å². The van der Waals surface area contributed by atoms with E-state index < -0.39 is 0 Å². The van der Waals surface area contributed by atoms with Crippen molar-refractivity contribution < 1.29 is 8.83 Å². The van der Waals surface area contributed by atoms with E-state index in [0.29, 0.717) is 0 Å². The molecule has 0 saturated heterocycles. The number of fused-ring (bicyclic) bond motifs is 23. The zero-order valence-corrected chi connectivity index (χ0v) is 70.5. The van der Waals surface area contributed by atoms with Gasteiger partial charge in [0.25, 0.3) is 0 Å². The van der Waals surface area contributed by atoms with Crippen LogP contribution in [0, 0.1) is 6.92 Å². The summed E-state index contributed by atoms with van der Waals surface area (Å²) in [5.41, 5.74) is 40.9. The van der Waals surface area contributed by atoms with Crippen LogP contribution in [0.25, 0.3) is 122 Å². The van der Waals surface area contributed by atoms with Gasteiger partial charge in [-0.05, 0) is 251 Å². The van der Waals surface area contributed by atoms with Gasteiger partial charge in [-0.1, -0.05) is 331 Å². The molecule has 12 aromatic carbocycles. The molecule has 2 aromatic heterocycles. The van der Waals surface area contributed by atoms with Crippen molar-refractivity contribution in [3.05, 3.63) is 280 Å². The van der Waals surface area contributed by atoms with Crippen molar-refractivity contribution in [1.29, 1.82) is 0 Å². The molecule has 0 atom stereocenters. The topological polar surface area (TPSA) is 29.5 Å². The third-order valence-corrected chi connectivity index (χ3v) is 29.2. The second kappa shape index (κ2) is 29.6. The van der Waals surface area contributed by atoms with Crippen molar-refractivity contribution in [2.45, 2.75) is 257 Å². The second-order valence-electron chi connectivity index (χ2n) is 37.2. The first kappa shape index (κ1) is 75.1. The monoisotopic (exact) mass is 1510 g/mol. The standard InChI is InChI=1S/C112H117NO2/c1-12-16-20-24-36-60-111(61-37-25-21-17-13-2)89-44-32-29-41-78(89)81-54-49-74(65-96(81)111)73-48-53-79-80-55-50-75(66-92(80)109(8,9)91(79)64-73)86-69-98-103(106-85-43-31-35-47-101(85)115-107(86)106)83-57-52-77(68-97(83)112(98,62-38-26-22-18-14-3)63-39-27-23-19-15-4)113(99-45-33-28-40-72(99)5)76-51-56-82-87-70-95-88(71-94(87)110(10,11)93(82)67-76)104-90(108(95,6)7)58-59-102-105(104)84-42-30-34-46-100(84)114-102/h28-35,40-59,64-71H,12-27,36-39,60-63H2,1-11H3. The highest BCUT2D eigenvalue weighted by atomic mass is 16.3. The maximum Gasteiger partial charge on any atom is 0.143 e. The first-order valence-electron chi connectivity index (χ1n) is 44.9. The van der Waals surface area contributed by atoms with Crippen molar-refractivity contribution in [2.24, 2.45) is 0 Å². The minimum absolute atomic E-state index is 0.0285. The Hall–Kier alpha value is -9.96. The van der Waals surface area contributed by atoms with Gasteiger partial charge in [0, 0.05) is 71.2 Å². The Morgan fingerprint density at radius 1 is 0.270 bits per heavy atom. The molecule has 0 N–H and O–H groups in total. The third kappa shape index (κ3) is 12.0. The van der Waals surface area contributed by atoms with Gasteiger partial charge >= 0.3 is 0 Å². The van der Waals surface area contributed by atoms with E-state index in [1.807, 2.05) is 0 Å². The van der Waals surface area contributed by atoms with Crippen LogP contribution in [0.5, 0.6) is 0 Å². The molecule has 0 radical (unpaired) electrons. The Morgan fingerprint density at radius 2 is 0.678 bits per heavy atom. The van der Waals surface area contributed by atoms with Crippen LogP contribution >= 0.6 is 0 Å². The number of rotatable bonds is 29. The molecule has 0 fully saturated rings. The lowest BCUT2D eigenvalue weighted by molar-refractivity contribution is 0.399. The van der Waals surface area contributed by atoms with Crippen molar-refractivity contribution in [3.63, 3.8) is 0 Å². The number of hydrogen-bond donors (Lipinski definition) is 0. The molecule has 19 rings (SSSR count). The lowest BCUT2D eigenvalue weighted by Crippen LogP contribution is -2.26. The van der Waals surface area contributed by atoms with Gasteiger partial charge in [0.2, 0.25) is 0 Å². The zero-order chi connectivity index (χ0) is 78.7. The molecule has 3 heteroatoms. The summed E-state index contributed by atoms with van der Waals surface area (Å²) in [6.45, 7) is 26.5. The minimum Gasteiger partial charge on any atom is -0.456 e. The van der Waals surface area contributed by atoms with Crippen LogP contribution in [0.2, 0.25) is 0 Å². The first-order chi connectivity index (χ1) is 56.0. The quantitative estimate of drug-likeness (QED) is 0.0438. The lowest BCUT2D eigenvalue weighted by Gasteiger charge is -2.35. The lowest BCUT2D eigenvalue weighted by atomic mass is 9.70. The fourth-order valence-electron chi connectivity index (χ4n) is 23.0. The fraction of sp³-hybridized carbons (Fsp3) is 0.357. The average Bonchev–Trinajstić information content (AvgIpc) is 1.54.